The van der Waals surface area contributed by atoms with Crippen LogP contribution in [0.15, 0.2) is 53.6 Å². The summed E-state index contributed by atoms with van der Waals surface area (Å²) < 4.78 is 1.85. The van der Waals surface area contributed by atoms with Crippen LogP contribution in [0.25, 0.3) is 5.76 Å². The number of phenolic OH excluding ortho intramolecular Hbond substituents is 1. The number of Topliss-reactive ketones (excluding diaryl/α,β-unsaturated/α-hetero) is 2. The standard InChI is InChI=1S/C29H32N4O7.ClH/c1-31(2)18-12-15(13-33-8-6-5-7-9-33)23(34)20-16(18)10-14-11-17-22(32(3)4)25(36)21(28(30)39)27(38)29(17,40)26(37)19(14)24(20)35;/h5-9,12,14,17,22,40H,10-11,13H2,1-4H3,(H4-,30,34,35,36,37,38,39);1H/t14-,17-,22-,29-;/m0./s1. The second-order valence-electron chi connectivity index (χ2n) is 11.2. The van der Waals surface area contributed by atoms with Gasteiger partial charge in [-0.25, -0.2) is 4.57 Å². The molecule has 1 saturated carbocycles. The van der Waals surface area contributed by atoms with Crippen LogP contribution in [0.2, 0.25) is 0 Å². The van der Waals surface area contributed by atoms with Gasteiger partial charge in [0.25, 0.3) is 5.91 Å². The van der Waals surface area contributed by atoms with E-state index in [1.54, 1.807) is 14.1 Å². The SMILES string of the molecule is CN(C)c1cc(C[n+]2ccccc2)c(O)c2c1C[C@H]1C[C@H]3[C@H](N(C)C)C(=O)C(C(N)=O)=C(O)[C@@]3(O)C(=O)C1=C2O.[Cl-]. The van der Waals surface area contributed by atoms with Gasteiger partial charge in [0.05, 0.1) is 17.2 Å². The lowest BCUT2D eigenvalue weighted by molar-refractivity contribution is -0.688. The Balaban J connectivity index is 0.00000387. The predicted molar refractivity (Wildman–Crippen MR) is 144 cm³/mol. The monoisotopic (exact) mass is 584 g/mol. The molecule has 12 heteroatoms. The molecule has 5 rings (SSSR count). The van der Waals surface area contributed by atoms with Crippen LogP contribution in [0.5, 0.6) is 5.75 Å². The van der Waals surface area contributed by atoms with Gasteiger partial charge in [-0.3, -0.25) is 19.3 Å². The van der Waals surface area contributed by atoms with Gasteiger partial charge in [-0.1, -0.05) is 6.07 Å². The number of carbonyl (C=O) groups is 3. The average Bonchev–Trinajstić information content (AvgIpc) is 2.87. The molecule has 41 heavy (non-hydrogen) atoms. The van der Waals surface area contributed by atoms with Gasteiger partial charge in [-0.2, -0.15) is 0 Å². The zero-order valence-corrected chi connectivity index (χ0v) is 23.9. The van der Waals surface area contributed by atoms with Gasteiger partial charge in [0, 0.05) is 43.4 Å². The highest BCUT2D eigenvalue weighted by atomic mass is 35.5. The number of aliphatic hydroxyl groups is 3. The van der Waals surface area contributed by atoms with Crippen LogP contribution in [-0.2, 0) is 27.3 Å². The van der Waals surface area contributed by atoms with E-state index in [0.717, 1.165) is 5.69 Å². The Morgan fingerprint density at radius 2 is 1.73 bits per heavy atom. The van der Waals surface area contributed by atoms with E-state index in [2.05, 4.69) is 0 Å². The van der Waals surface area contributed by atoms with Crippen molar-refractivity contribution in [2.45, 2.75) is 31.0 Å². The van der Waals surface area contributed by atoms with Crippen LogP contribution in [0, 0.1) is 11.8 Å². The summed E-state index contributed by atoms with van der Waals surface area (Å²) >= 11 is 0. The Morgan fingerprint density at radius 1 is 1.10 bits per heavy atom. The highest BCUT2D eigenvalue weighted by Crippen LogP contribution is 2.54. The largest absolute Gasteiger partial charge is 1.00 e. The molecule has 3 aliphatic carbocycles. The second-order valence-corrected chi connectivity index (χ2v) is 11.2. The van der Waals surface area contributed by atoms with Crippen LogP contribution >= 0.6 is 0 Å². The smallest absolute Gasteiger partial charge is 0.255 e. The molecule has 0 spiro atoms. The first-order chi connectivity index (χ1) is 18.8. The third kappa shape index (κ3) is 4.35. The van der Waals surface area contributed by atoms with Crippen molar-refractivity contribution in [1.29, 1.82) is 0 Å². The lowest BCUT2D eigenvalue weighted by atomic mass is 9.57. The summed E-state index contributed by atoms with van der Waals surface area (Å²) in [5, 5.41) is 45.8. The molecule has 3 aliphatic rings. The predicted octanol–water partition coefficient (Wildman–Crippen LogP) is -2.63. The van der Waals surface area contributed by atoms with Crippen molar-refractivity contribution in [2.24, 2.45) is 17.6 Å². The number of hydrogen-bond acceptors (Lipinski definition) is 9. The van der Waals surface area contributed by atoms with Crippen LogP contribution < -0.4 is 27.6 Å². The summed E-state index contributed by atoms with van der Waals surface area (Å²) in [6, 6.07) is 6.28. The Hall–Kier alpha value is -3.93. The minimum absolute atomic E-state index is 0. The van der Waals surface area contributed by atoms with Crippen LogP contribution in [0.4, 0.5) is 5.69 Å². The van der Waals surface area contributed by atoms with Gasteiger partial charge in [-0.05, 0) is 44.5 Å². The van der Waals surface area contributed by atoms with Crippen molar-refractivity contribution in [1.82, 2.24) is 4.90 Å². The third-order valence-corrected chi connectivity index (χ3v) is 8.39. The van der Waals surface area contributed by atoms with E-state index in [1.807, 2.05) is 60.2 Å². The summed E-state index contributed by atoms with van der Waals surface area (Å²) in [4.78, 5) is 42.8. The molecule has 0 radical (unpaired) electrons. The molecular weight excluding hydrogens is 552 g/mol. The number of ketones is 2. The number of carbonyl (C=O) groups excluding carboxylic acids is 3. The molecule has 0 unspecified atom stereocenters. The molecule has 1 heterocycles. The molecule has 0 aliphatic heterocycles. The number of aromatic hydroxyl groups is 1. The molecule has 11 nitrogen and oxygen atoms in total. The van der Waals surface area contributed by atoms with Crippen molar-refractivity contribution < 1.29 is 51.8 Å². The van der Waals surface area contributed by atoms with Gasteiger partial charge in [-0.15, -0.1) is 0 Å². The maximum atomic E-state index is 14.1. The summed E-state index contributed by atoms with van der Waals surface area (Å²) in [5.74, 6) is -6.62. The third-order valence-electron chi connectivity index (χ3n) is 8.39. The normalized spacial score (nSPS) is 25.4. The number of likely N-dealkylation sites (N-methyl/N-ethyl adjacent to an activating group) is 1. The van der Waals surface area contributed by atoms with Crippen molar-refractivity contribution in [3.05, 3.63) is 70.3 Å². The highest BCUT2D eigenvalue weighted by Gasteiger charge is 2.64. The Morgan fingerprint density at radius 3 is 2.29 bits per heavy atom. The number of nitrogens with zero attached hydrogens (tertiary/aromatic N) is 3. The molecule has 6 N–H and O–H groups in total. The number of amides is 1. The van der Waals surface area contributed by atoms with E-state index in [4.69, 9.17) is 5.73 Å². The fourth-order valence-electron chi connectivity index (χ4n) is 6.60. The van der Waals surface area contributed by atoms with Gasteiger partial charge in [0.1, 0.15) is 22.8 Å². The van der Waals surface area contributed by atoms with Crippen molar-refractivity contribution in [3.8, 4) is 5.75 Å². The minimum atomic E-state index is -2.66. The van der Waals surface area contributed by atoms with Crippen LogP contribution in [0.3, 0.4) is 0 Å². The van der Waals surface area contributed by atoms with Crippen LogP contribution in [0.1, 0.15) is 23.1 Å². The summed E-state index contributed by atoms with van der Waals surface area (Å²) in [6.45, 7) is 0.283. The van der Waals surface area contributed by atoms with Crippen LogP contribution in [-0.4, -0.2) is 82.6 Å². The maximum absolute atomic E-state index is 14.1. The number of aromatic nitrogens is 1. The molecule has 218 valence electrons. The first kappa shape index (κ1) is 30.0. The van der Waals surface area contributed by atoms with Crippen molar-refractivity contribution >= 4 is 28.9 Å². The zero-order valence-electron chi connectivity index (χ0n) is 23.1. The van der Waals surface area contributed by atoms with E-state index >= 15 is 0 Å². The number of hydrogen-bond donors (Lipinski definition) is 5. The number of phenols is 1. The topological polar surface area (TPSA) is 169 Å². The summed E-state index contributed by atoms with van der Waals surface area (Å²) in [7, 11) is 6.82. The van der Waals surface area contributed by atoms with Crippen molar-refractivity contribution in [3.63, 3.8) is 0 Å². The first-order valence-corrected chi connectivity index (χ1v) is 12.9. The zero-order chi connectivity index (χ0) is 29.3. The molecule has 0 saturated heterocycles. The van der Waals surface area contributed by atoms with E-state index < -0.39 is 58.0 Å². The lowest BCUT2D eigenvalue weighted by Crippen LogP contribution is -3.00. The lowest BCUT2D eigenvalue weighted by Gasteiger charge is -2.50. The Kier molecular flexibility index (Phi) is 7.68. The summed E-state index contributed by atoms with van der Waals surface area (Å²) in [5.41, 5.74) is 3.65. The Bertz CT molecular complexity index is 1520. The maximum Gasteiger partial charge on any atom is 0.255 e. The minimum Gasteiger partial charge on any atom is -1.00 e. The number of nitrogens with two attached hydrogens (primary N) is 1. The molecule has 1 amide bonds. The quantitative estimate of drug-likeness (QED) is 0.186. The molecule has 0 bridgehead atoms. The number of aliphatic hydroxyl groups excluding tert-OH is 2. The Labute approximate surface area is 243 Å². The molecule has 2 aromatic rings. The van der Waals surface area contributed by atoms with E-state index in [-0.39, 0.29) is 48.7 Å². The van der Waals surface area contributed by atoms with Gasteiger partial charge < -0.3 is 43.5 Å². The number of benzene rings is 1. The fourth-order valence-corrected chi connectivity index (χ4v) is 6.60. The second kappa shape index (κ2) is 10.5. The molecule has 1 fully saturated rings. The van der Waals surface area contributed by atoms with Gasteiger partial charge in [0.15, 0.2) is 30.3 Å². The molecular formula is C29H33ClN4O7. The van der Waals surface area contributed by atoms with Gasteiger partial charge >= 0.3 is 0 Å². The average molecular weight is 585 g/mol. The van der Waals surface area contributed by atoms with Crippen molar-refractivity contribution in [2.75, 3.05) is 33.1 Å². The molecule has 4 atom stereocenters. The fraction of sp³-hybridized carbons (Fsp3) is 0.379. The van der Waals surface area contributed by atoms with E-state index in [1.165, 1.54) is 4.90 Å². The number of pyridine rings is 1. The number of primary amides is 1. The highest BCUT2D eigenvalue weighted by molar-refractivity contribution is 6.24. The first-order valence-electron chi connectivity index (χ1n) is 12.9. The number of halogens is 1. The number of rotatable bonds is 5. The number of anilines is 1. The number of fused-ring (bicyclic) bond motifs is 3. The van der Waals surface area contributed by atoms with E-state index in [0.29, 0.717) is 11.1 Å². The van der Waals surface area contributed by atoms with Gasteiger partial charge in [0.2, 0.25) is 5.78 Å². The summed E-state index contributed by atoms with van der Waals surface area (Å²) in [6.07, 6.45) is 3.94. The molecule has 1 aromatic carbocycles. The van der Waals surface area contributed by atoms with E-state index in [9.17, 15) is 34.8 Å². The molecule has 1 aromatic heterocycles.